The quantitative estimate of drug-likeness (QED) is 0.0759. The highest BCUT2D eigenvalue weighted by Gasteiger charge is 2.50. The van der Waals surface area contributed by atoms with E-state index in [1.54, 1.807) is 12.1 Å². The molecule has 1 amide bonds. The number of carboxylic acids is 4. The number of nitrogens with one attached hydrogen (secondary N) is 1. The van der Waals surface area contributed by atoms with E-state index in [1.807, 2.05) is 111 Å². The molecular weight excluding hydrogens is 1090 g/mol. The Morgan fingerprint density at radius 3 is 1.33 bits per heavy atom. The van der Waals surface area contributed by atoms with Crippen molar-refractivity contribution in [3.05, 3.63) is 35.4 Å². The molecule has 0 aliphatic carbocycles. The van der Waals surface area contributed by atoms with Gasteiger partial charge in [-0.15, -0.1) is 0 Å². The average molecular weight is 1180 g/mol. The van der Waals surface area contributed by atoms with Crippen molar-refractivity contribution in [2.45, 2.75) is 225 Å². The number of aromatic carboxylic acids is 1. The molecular formula is C57H95N7O19. The summed E-state index contributed by atoms with van der Waals surface area (Å²) in [7, 11) is 0. The van der Waals surface area contributed by atoms with Gasteiger partial charge in [0.15, 0.2) is 0 Å². The van der Waals surface area contributed by atoms with Crippen LogP contribution in [0, 0.1) is 11.8 Å². The Bertz CT molecular complexity index is 2390. The van der Waals surface area contributed by atoms with Crippen LogP contribution in [0.5, 0.6) is 0 Å². The van der Waals surface area contributed by atoms with Gasteiger partial charge in [0.25, 0.3) is 0 Å². The van der Waals surface area contributed by atoms with Crippen LogP contribution in [0.4, 0.5) is 0 Å². The minimum atomic E-state index is -1.16. The minimum Gasteiger partial charge on any atom is -0.481 e. The van der Waals surface area contributed by atoms with E-state index < -0.39 is 81.1 Å². The first-order chi connectivity index (χ1) is 37.6. The summed E-state index contributed by atoms with van der Waals surface area (Å²) in [6.45, 7) is 29.7. The van der Waals surface area contributed by atoms with Crippen molar-refractivity contribution < 1.29 is 94.1 Å². The zero-order valence-corrected chi connectivity index (χ0v) is 51.5. The second kappa shape index (κ2) is 27.7. The maximum Gasteiger partial charge on any atom is 0.369 e. The lowest BCUT2D eigenvalue weighted by atomic mass is 9.74. The molecule has 5 fully saturated rings. The van der Waals surface area contributed by atoms with Gasteiger partial charge in [-0.3, -0.25) is 29.0 Å². The predicted molar refractivity (Wildman–Crippen MR) is 298 cm³/mol. The van der Waals surface area contributed by atoms with E-state index in [0.29, 0.717) is 38.5 Å². The highest BCUT2D eigenvalue weighted by atomic mass is 17.2. The lowest BCUT2D eigenvalue weighted by molar-refractivity contribution is -0.256. The first kappa shape index (κ1) is 71.8. The summed E-state index contributed by atoms with van der Waals surface area (Å²) in [6, 6.07) is 5.82. The standard InChI is InChI=1S/C19H32N4O8.C17H23NO5.C11H21NO3.C10H19NO3/c1-18(2)7-13(8-19(3,4)23(18)29)20-14(24)9-21(10-15(25)26)5-6-22-11-16(27)30-31-17(28)12-22;1-16(2)9-11(10-17(3,4)18(16)22)23-15(21)13-8-6-5-7-12(13)14(19)20;1-10(2)6-8(5-9(13)14)7-11(3,4)12(10)15;1-9(2)5-7(8(12)13)6-10(3,4)11(9)14/h13,29H,5-12H2,1-4H3,(H,20,24)(H,25,26);5-8,11,22H,9-10H2,1-4H3,(H,19,20);8,15H,5-7H2,1-4H3,(H,13,14);7,14H,5-6H2,1-4H3,(H,12,13). The molecule has 5 heterocycles. The molecule has 0 aromatic heterocycles. The van der Waals surface area contributed by atoms with Crippen LogP contribution < -0.4 is 5.32 Å². The van der Waals surface area contributed by atoms with Crippen LogP contribution in [0.1, 0.15) is 189 Å². The van der Waals surface area contributed by atoms with Gasteiger partial charge in [-0.05, 0) is 167 Å². The number of carbonyl (C=O) groups is 8. The average Bonchev–Trinajstić information content (AvgIpc) is 3.54. The number of hydroxylamine groups is 8. The van der Waals surface area contributed by atoms with Crippen LogP contribution in [0.15, 0.2) is 24.3 Å². The number of benzene rings is 1. The smallest absolute Gasteiger partial charge is 0.369 e. The fraction of sp³-hybridized carbons (Fsp3) is 0.754. The van der Waals surface area contributed by atoms with E-state index in [2.05, 4.69) is 15.1 Å². The van der Waals surface area contributed by atoms with Gasteiger partial charge in [-0.1, -0.05) is 12.1 Å². The molecule has 5 aliphatic heterocycles. The first-order valence-electron chi connectivity index (χ1n) is 28.0. The highest BCUT2D eigenvalue weighted by Crippen LogP contribution is 2.43. The second-order valence-corrected chi connectivity index (χ2v) is 27.7. The molecule has 0 radical (unpaired) electrons. The number of aliphatic carboxylic acids is 3. The third kappa shape index (κ3) is 20.7. The zero-order valence-electron chi connectivity index (χ0n) is 51.5. The summed E-state index contributed by atoms with van der Waals surface area (Å²) >= 11 is 0. The number of piperidine rings is 4. The summed E-state index contributed by atoms with van der Waals surface area (Å²) in [6.07, 6.45) is 4.23. The Morgan fingerprint density at radius 2 is 0.940 bits per heavy atom. The molecule has 5 aliphatic rings. The fourth-order valence-corrected chi connectivity index (χ4v) is 12.9. The van der Waals surface area contributed by atoms with Crippen LogP contribution in [0.3, 0.4) is 0 Å². The maximum atomic E-state index is 12.6. The Labute approximate surface area is 487 Å². The Morgan fingerprint density at radius 1 is 0.554 bits per heavy atom. The summed E-state index contributed by atoms with van der Waals surface area (Å²) in [5.74, 6) is -6.43. The monoisotopic (exact) mass is 1180 g/mol. The molecule has 83 heavy (non-hydrogen) atoms. The summed E-state index contributed by atoms with van der Waals surface area (Å²) in [4.78, 5) is 103. The van der Waals surface area contributed by atoms with Crippen molar-refractivity contribution in [1.29, 1.82) is 0 Å². The zero-order chi connectivity index (χ0) is 63.8. The van der Waals surface area contributed by atoms with Gasteiger partial charge in [0.2, 0.25) is 5.91 Å². The maximum absolute atomic E-state index is 12.6. The Kier molecular flexibility index (Phi) is 24.0. The molecule has 6 rings (SSSR count). The second-order valence-electron chi connectivity index (χ2n) is 27.7. The third-order valence-electron chi connectivity index (χ3n) is 15.8. The summed E-state index contributed by atoms with van der Waals surface area (Å²) in [5, 5.41) is 84.9. The topological polar surface area (TPSA) is 358 Å². The van der Waals surface area contributed by atoms with E-state index >= 15 is 0 Å². The number of nitrogens with zero attached hydrogens (tertiary/aromatic N) is 6. The number of carboxylic acid groups (broad SMARTS) is 4. The van der Waals surface area contributed by atoms with Gasteiger partial charge in [-0.2, -0.15) is 20.3 Å². The lowest BCUT2D eigenvalue weighted by Gasteiger charge is -2.51. The third-order valence-corrected chi connectivity index (χ3v) is 15.8. The van der Waals surface area contributed by atoms with Crippen LogP contribution in [-0.2, 0) is 43.3 Å². The molecule has 472 valence electrons. The molecule has 1 aromatic carbocycles. The number of hydrogen-bond acceptors (Lipinski definition) is 21. The van der Waals surface area contributed by atoms with E-state index in [1.165, 1.54) is 42.2 Å². The predicted octanol–water partition coefficient (Wildman–Crippen LogP) is 6.02. The van der Waals surface area contributed by atoms with Gasteiger partial charge in [0.05, 0.1) is 30.1 Å². The van der Waals surface area contributed by atoms with E-state index in [-0.39, 0.29) is 91.7 Å². The molecule has 0 spiro atoms. The van der Waals surface area contributed by atoms with E-state index in [4.69, 9.17) is 14.9 Å². The van der Waals surface area contributed by atoms with Crippen LogP contribution >= 0.6 is 0 Å². The van der Waals surface area contributed by atoms with Gasteiger partial charge < -0.3 is 51.3 Å². The molecule has 26 heteroatoms. The van der Waals surface area contributed by atoms with Crippen molar-refractivity contribution >= 4 is 47.7 Å². The van der Waals surface area contributed by atoms with Crippen LogP contribution in [0.2, 0.25) is 0 Å². The van der Waals surface area contributed by atoms with Crippen molar-refractivity contribution in [2.24, 2.45) is 11.8 Å². The Balaban J connectivity index is 0.000000306. The number of hydrogen-bond donors (Lipinski definition) is 9. The molecule has 0 atom stereocenters. The number of carbonyl (C=O) groups excluding carboxylic acids is 4. The molecule has 0 bridgehead atoms. The number of rotatable bonds is 14. The molecule has 0 saturated carbocycles. The normalized spacial score (nSPS) is 23.6. The van der Waals surface area contributed by atoms with Gasteiger partial charge in [-0.25, -0.2) is 29.0 Å². The largest absolute Gasteiger partial charge is 0.481 e. The first-order valence-corrected chi connectivity index (χ1v) is 28.0. The Hall–Kier alpha value is -5.42. The van der Waals surface area contributed by atoms with Crippen molar-refractivity contribution in [1.82, 2.24) is 35.4 Å². The van der Waals surface area contributed by atoms with Crippen molar-refractivity contribution in [2.75, 3.05) is 39.3 Å². The molecule has 9 N–H and O–H groups in total. The van der Waals surface area contributed by atoms with Gasteiger partial charge in [0.1, 0.15) is 19.2 Å². The summed E-state index contributed by atoms with van der Waals surface area (Å²) in [5.41, 5.74) is -3.80. The van der Waals surface area contributed by atoms with Crippen molar-refractivity contribution in [3.63, 3.8) is 0 Å². The molecule has 26 nitrogen and oxygen atoms in total. The number of amides is 1. The molecule has 1 aromatic rings. The minimum absolute atomic E-state index is 0.0436. The molecule has 5 saturated heterocycles. The fourth-order valence-electron chi connectivity index (χ4n) is 12.9. The van der Waals surface area contributed by atoms with Crippen LogP contribution in [0.25, 0.3) is 0 Å². The SMILES string of the molecule is CC1(C)CC(C(=O)O)CC(C)(C)N1O.CC1(C)CC(CC(=O)O)CC(C)(C)N1O.CC1(C)CC(NC(=O)CN(CCN2CC(=O)OOC(=O)C2)CC(=O)O)CC(C)(C)N1O.CC1(C)CC(OC(=O)c2ccccc2C(=O)O)CC(C)(C)N1O. The molecule has 0 unspecified atom stereocenters. The highest BCUT2D eigenvalue weighted by molar-refractivity contribution is 6.02. The van der Waals surface area contributed by atoms with E-state index in [9.17, 15) is 69.4 Å². The lowest BCUT2D eigenvalue weighted by Crippen LogP contribution is -2.63. The number of ether oxygens (including phenoxy) is 1. The van der Waals surface area contributed by atoms with Gasteiger partial charge in [0, 0.05) is 82.7 Å². The van der Waals surface area contributed by atoms with Gasteiger partial charge >= 0.3 is 41.8 Å². The van der Waals surface area contributed by atoms with Crippen LogP contribution in [-0.4, -0.2) is 215 Å². The van der Waals surface area contributed by atoms with E-state index in [0.717, 1.165) is 12.8 Å². The number of esters is 1. The summed E-state index contributed by atoms with van der Waals surface area (Å²) < 4.78 is 5.55. The van der Waals surface area contributed by atoms with Crippen molar-refractivity contribution in [3.8, 4) is 0 Å².